The van der Waals surface area contributed by atoms with Crippen molar-refractivity contribution in [2.24, 2.45) is 41.1 Å². The fourth-order valence-electron chi connectivity index (χ4n) is 9.73. The molecule has 64 heavy (non-hydrogen) atoms. The molecule has 2 saturated heterocycles. The first-order valence-electron chi connectivity index (χ1n) is 23.4. The molecule has 0 aromatic heterocycles. The summed E-state index contributed by atoms with van der Waals surface area (Å²) in [7, 11) is 3.17. The van der Waals surface area contributed by atoms with Gasteiger partial charge in [0.05, 0.1) is 18.3 Å². The minimum Gasteiger partial charge on any atom is -0.459 e. The van der Waals surface area contributed by atoms with Crippen LogP contribution in [0.25, 0.3) is 0 Å². The molecule has 15 heteroatoms. The minimum absolute atomic E-state index is 0.0412. The highest BCUT2D eigenvalue weighted by atomic mass is 16.6. The number of methoxy groups -OCH3 is 2. The number of rotatable bonds is 5. The van der Waals surface area contributed by atoms with Crippen molar-refractivity contribution < 1.29 is 58.2 Å². The average molecular weight is 900 g/mol. The van der Waals surface area contributed by atoms with Gasteiger partial charge in [-0.2, -0.15) is 0 Å². The first-order valence-corrected chi connectivity index (χ1v) is 23.4. The van der Waals surface area contributed by atoms with Gasteiger partial charge in [-0.3, -0.25) is 19.2 Å². The SMILES string of the molecule is CO[C@H]1C[C@@H]2CC[C@@H](C)[C@@](O)(O2)C(=O)C(=O)N2CCCC[C@H]2C(=O)O[C@H]([C@H](N)C[C@@H]2CC[C@H](N)[C@H](OC)C2)CC(=O)[C@H](C)/C=C(\C)[C@@H](O)[C@@H](O)C(=O)[C@H](C)C[C@H](C)/C=C/C=C/C=C/1C. The number of esters is 1. The van der Waals surface area contributed by atoms with E-state index < -0.39 is 89.6 Å². The lowest BCUT2D eigenvalue weighted by atomic mass is 9.79. The van der Waals surface area contributed by atoms with Crippen LogP contribution >= 0.6 is 0 Å². The van der Waals surface area contributed by atoms with Gasteiger partial charge in [0, 0.05) is 63.4 Å². The number of fused-ring (bicyclic) bond motifs is 3. The molecule has 1 aliphatic carbocycles. The Kier molecular flexibility index (Phi) is 20.3. The predicted molar refractivity (Wildman–Crippen MR) is 241 cm³/mol. The molecule has 15 nitrogen and oxygen atoms in total. The van der Waals surface area contributed by atoms with Crippen LogP contribution < -0.4 is 11.5 Å². The quantitative estimate of drug-likeness (QED) is 0.148. The Morgan fingerprint density at radius 3 is 2.28 bits per heavy atom. The van der Waals surface area contributed by atoms with Gasteiger partial charge in [-0.05, 0) is 101 Å². The van der Waals surface area contributed by atoms with Crippen LogP contribution in [0.3, 0.4) is 0 Å². The Morgan fingerprint density at radius 1 is 0.875 bits per heavy atom. The van der Waals surface area contributed by atoms with E-state index in [0.29, 0.717) is 57.8 Å². The van der Waals surface area contributed by atoms with Crippen molar-refractivity contribution in [2.45, 2.75) is 179 Å². The van der Waals surface area contributed by atoms with Gasteiger partial charge in [0.25, 0.3) is 11.7 Å². The van der Waals surface area contributed by atoms with Crippen LogP contribution in [0.5, 0.6) is 0 Å². The second kappa shape index (κ2) is 24.4. The monoisotopic (exact) mass is 900 g/mol. The normalized spacial score (nSPS) is 40.9. The number of nitrogens with zero attached hydrogens (tertiary/aromatic N) is 1. The van der Waals surface area contributed by atoms with E-state index in [9.17, 15) is 39.3 Å². The molecule has 2 bridgehead atoms. The molecule has 3 heterocycles. The Hall–Kier alpha value is -3.41. The van der Waals surface area contributed by atoms with E-state index in [0.717, 1.165) is 16.9 Å². The highest BCUT2D eigenvalue weighted by Gasteiger charge is 2.53. The van der Waals surface area contributed by atoms with Crippen molar-refractivity contribution >= 4 is 29.2 Å². The van der Waals surface area contributed by atoms with Gasteiger partial charge in [-0.25, -0.2) is 4.79 Å². The lowest BCUT2D eigenvalue weighted by Crippen LogP contribution is -2.61. The number of carbonyl (C=O) groups excluding carboxylic acids is 5. The lowest BCUT2D eigenvalue weighted by molar-refractivity contribution is -0.265. The van der Waals surface area contributed by atoms with E-state index in [1.807, 2.05) is 44.2 Å². The number of allylic oxidation sites excluding steroid dienone is 6. The van der Waals surface area contributed by atoms with Crippen LogP contribution in [-0.4, -0.2) is 131 Å². The van der Waals surface area contributed by atoms with Crippen LogP contribution in [0, 0.1) is 29.6 Å². The number of amides is 1. The van der Waals surface area contributed by atoms with Gasteiger partial charge in [0.1, 0.15) is 30.1 Å². The van der Waals surface area contributed by atoms with Crippen molar-refractivity contribution in [1.82, 2.24) is 4.90 Å². The maximum absolute atomic E-state index is 14.3. The van der Waals surface area contributed by atoms with Crippen molar-refractivity contribution in [2.75, 3.05) is 20.8 Å². The zero-order valence-corrected chi connectivity index (χ0v) is 39.4. The molecule has 1 amide bonds. The summed E-state index contributed by atoms with van der Waals surface area (Å²) in [5.74, 6) is -8.51. The van der Waals surface area contributed by atoms with E-state index in [-0.39, 0.29) is 54.7 Å². The highest BCUT2D eigenvalue weighted by Crippen LogP contribution is 2.37. The van der Waals surface area contributed by atoms with E-state index in [4.69, 9.17) is 30.4 Å². The molecule has 3 fully saturated rings. The first kappa shape index (κ1) is 53.2. The summed E-state index contributed by atoms with van der Waals surface area (Å²) >= 11 is 0. The molecule has 3 aliphatic heterocycles. The molecule has 0 aromatic rings. The molecule has 360 valence electrons. The van der Waals surface area contributed by atoms with Gasteiger partial charge in [-0.15, -0.1) is 0 Å². The number of ketones is 3. The number of Topliss-reactive ketones (excluding diaryl/α,β-unsaturated/α-hetero) is 3. The van der Waals surface area contributed by atoms with Gasteiger partial charge < -0.3 is 50.6 Å². The lowest BCUT2D eigenvalue weighted by Gasteiger charge is -2.42. The summed E-state index contributed by atoms with van der Waals surface area (Å²) in [6.07, 6.45) is 10.2. The smallest absolute Gasteiger partial charge is 0.329 e. The summed E-state index contributed by atoms with van der Waals surface area (Å²) < 4.78 is 23.7. The predicted octanol–water partition coefficient (Wildman–Crippen LogP) is 4.18. The standard InChI is InChI=1S/C49H77N3O12/c1-28-14-10-9-11-15-29(2)40(61-7)26-35-19-17-33(6)49(60,64-35)46(57)47(58)52-21-13-12-16-38(52)48(59)63-42(37(51)24-34-18-20-36(50)41(25-34)62-8)27-39(53)30(3)23-32(5)44(55)45(56)43(54)31(4)22-28/h9-11,14-15,23,28,30-31,33-38,40-42,44-45,55-56,60H,12-13,16-22,24-27,50-51H2,1-8H3/b11-9+,14-10+,29-15+,32-23+/t28-,30-,31-,33-,34+,35+,36+,37-,38+,40+,41-,42+,44-,45+,49-/m1/s1. The first-order chi connectivity index (χ1) is 30.2. The molecular weight excluding hydrogens is 823 g/mol. The van der Waals surface area contributed by atoms with Crippen molar-refractivity contribution in [3.63, 3.8) is 0 Å². The number of nitrogens with two attached hydrogens (primary N) is 2. The number of aliphatic hydroxyl groups is 3. The summed E-state index contributed by atoms with van der Waals surface area (Å²) in [5, 5.41) is 34.0. The third-order valence-corrected chi connectivity index (χ3v) is 14.1. The average Bonchev–Trinajstić information content (AvgIpc) is 3.27. The number of ether oxygens (including phenoxy) is 4. The molecule has 0 radical (unpaired) electrons. The van der Waals surface area contributed by atoms with Crippen LogP contribution in [0.15, 0.2) is 47.6 Å². The van der Waals surface area contributed by atoms with Crippen LogP contribution in [0.4, 0.5) is 0 Å². The minimum atomic E-state index is -2.45. The Labute approximate surface area is 380 Å². The molecular formula is C49H77N3O12. The van der Waals surface area contributed by atoms with Gasteiger partial charge in [0.2, 0.25) is 5.79 Å². The second-order valence-corrected chi connectivity index (χ2v) is 19.2. The van der Waals surface area contributed by atoms with Gasteiger partial charge in [-0.1, -0.05) is 64.2 Å². The molecule has 0 aromatic carbocycles. The topological polar surface area (TPSA) is 238 Å². The van der Waals surface area contributed by atoms with E-state index in [1.165, 1.54) is 13.0 Å². The Morgan fingerprint density at radius 2 is 1.59 bits per heavy atom. The number of hydrogen-bond donors (Lipinski definition) is 5. The van der Waals surface area contributed by atoms with Crippen LogP contribution in [0.1, 0.15) is 119 Å². The maximum Gasteiger partial charge on any atom is 0.329 e. The highest BCUT2D eigenvalue weighted by molar-refractivity contribution is 6.39. The van der Waals surface area contributed by atoms with E-state index in [1.54, 1.807) is 35.0 Å². The molecule has 15 atom stereocenters. The van der Waals surface area contributed by atoms with E-state index >= 15 is 0 Å². The fraction of sp³-hybridized carbons (Fsp3) is 0.735. The molecule has 4 aliphatic rings. The zero-order valence-electron chi connectivity index (χ0n) is 39.4. The summed E-state index contributed by atoms with van der Waals surface area (Å²) in [5.41, 5.74) is 14.2. The van der Waals surface area contributed by atoms with Crippen molar-refractivity contribution in [3.8, 4) is 0 Å². The molecule has 4 rings (SSSR count). The Balaban J connectivity index is 1.69. The third-order valence-electron chi connectivity index (χ3n) is 14.1. The largest absolute Gasteiger partial charge is 0.459 e. The molecule has 0 spiro atoms. The number of hydrogen-bond acceptors (Lipinski definition) is 14. The second-order valence-electron chi connectivity index (χ2n) is 19.2. The molecule has 7 N–H and O–H groups in total. The summed E-state index contributed by atoms with van der Waals surface area (Å²) in [4.78, 5) is 71.1. The summed E-state index contributed by atoms with van der Waals surface area (Å²) in [6.45, 7) is 10.4. The molecule has 1 saturated carbocycles. The third kappa shape index (κ3) is 13.8. The van der Waals surface area contributed by atoms with Gasteiger partial charge in [0.15, 0.2) is 5.78 Å². The van der Waals surface area contributed by atoms with Crippen LogP contribution in [0.2, 0.25) is 0 Å². The fourth-order valence-corrected chi connectivity index (χ4v) is 9.73. The summed E-state index contributed by atoms with van der Waals surface area (Å²) in [6, 6.07) is -2.14. The van der Waals surface area contributed by atoms with Gasteiger partial charge >= 0.3 is 5.97 Å². The van der Waals surface area contributed by atoms with Crippen molar-refractivity contribution in [3.05, 3.63) is 47.6 Å². The van der Waals surface area contributed by atoms with Crippen molar-refractivity contribution in [1.29, 1.82) is 0 Å². The van der Waals surface area contributed by atoms with E-state index in [2.05, 4.69) is 0 Å². The number of cyclic esters (lactones) is 1. The number of carbonyl (C=O) groups is 5. The number of piperidine rings is 1. The van der Waals surface area contributed by atoms with Crippen LogP contribution in [-0.2, 0) is 42.9 Å². The maximum atomic E-state index is 14.3. The number of aliphatic hydroxyl groups excluding tert-OH is 2. The Bertz CT molecular complexity index is 1750. The molecule has 0 unspecified atom stereocenters. The zero-order chi connectivity index (χ0) is 47.5.